The van der Waals surface area contributed by atoms with Gasteiger partial charge in [-0.05, 0) is 25.1 Å². The molecule has 0 saturated carbocycles. The van der Waals surface area contributed by atoms with Crippen LogP contribution < -0.4 is 10.6 Å². The summed E-state index contributed by atoms with van der Waals surface area (Å²) in [5.41, 5.74) is 8.18. The lowest BCUT2D eigenvalue weighted by Gasteiger charge is -2.45. The van der Waals surface area contributed by atoms with Gasteiger partial charge in [0.1, 0.15) is 11.9 Å². The van der Waals surface area contributed by atoms with E-state index in [0.29, 0.717) is 5.56 Å². The fourth-order valence-electron chi connectivity index (χ4n) is 2.55. The van der Waals surface area contributed by atoms with Gasteiger partial charge in [-0.1, -0.05) is 35.9 Å². The van der Waals surface area contributed by atoms with Crippen molar-refractivity contribution in [3.8, 4) is 0 Å². The van der Waals surface area contributed by atoms with Crippen molar-refractivity contribution >= 4 is 11.6 Å². The number of benzene rings is 2. The number of carbonyl (C=O) groups excluding carboxylic acids is 1. The lowest BCUT2D eigenvalue weighted by Crippen LogP contribution is -2.63. The second-order valence-corrected chi connectivity index (χ2v) is 5.04. The molecule has 0 aromatic heterocycles. The molecule has 0 aliphatic carbocycles. The first kappa shape index (κ1) is 12.8. The Hall–Kier alpha value is -2.20. The minimum atomic E-state index is -0.687. The minimum Gasteiger partial charge on any atom is -0.318 e. The first-order valence-corrected chi connectivity index (χ1v) is 6.49. The Bertz CT molecular complexity index is 654. The highest BCUT2D eigenvalue weighted by Crippen LogP contribution is 2.38. The number of hydrogen-bond acceptors (Lipinski definition) is 2. The summed E-state index contributed by atoms with van der Waals surface area (Å²) < 4.78 is 13.9. The van der Waals surface area contributed by atoms with Crippen molar-refractivity contribution in [1.29, 1.82) is 0 Å². The molecular formula is C16H15FN2O. The molecule has 1 aliphatic heterocycles. The maximum atomic E-state index is 13.9. The SMILES string of the molecule is Cc1ccc(N2C(=O)[C@H](N)[C@H]2c2ccccc2F)cc1. The van der Waals surface area contributed by atoms with Crippen molar-refractivity contribution in [2.45, 2.75) is 19.0 Å². The van der Waals surface area contributed by atoms with E-state index in [1.807, 2.05) is 31.2 Å². The molecule has 0 spiro atoms. The molecule has 2 aromatic rings. The average molecular weight is 270 g/mol. The van der Waals surface area contributed by atoms with Gasteiger partial charge >= 0.3 is 0 Å². The van der Waals surface area contributed by atoms with Crippen molar-refractivity contribution in [3.63, 3.8) is 0 Å². The number of β-lactam (4-membered cyclic amide) rings is 1. The summed E-state index contributed by atoms with van der Waals surface area (Å²) in [6.07, 6.45) is 0. The molecule has 3 rings (SSSR count). The Balaban J connectivity index is 2.00. The van der Waals surface area contributed by atoms with Crippen molar-refractivity contribution in [2.75, 3.05) is 4.90 Å². The van der Waals surface area contributed by atoms with Gasteiger partial charge < -0.3 is 10.6 Å². The largest absolute Gasteiger partial charge is 0.318 e. The van der Waals surface area contributed by atoms with Crippen LogP contribution >= 0.6 is 0 Å². The van der Waals surface area contributed by atoms with Gasteiger partial charge in [0.15, 0.2) is 0 Å². The molecule has 1 fully saturated rings. The smallest absolute Gasteiger partial charge is 0.247 e. The molecule has 2 N–H and O–H groups in total. The van der Waals surface area contributed by atoms with E-state index < -0.39 is 12.1 Å². The van der Waals surface area contributed by atoms with Gasteiger partial charge in [-0.15, -0.1) is 0 Å². The number of amides is 1. The molecule has 2 atom stereocenters. The number of rotatable bonds is 2. The molecule has 1 aliphatic rings. The molecule has 2 aromatic carbocycles. The van der Waals surface area contributed by atoms with Crippen LogP contribution in [0.2, 0.25) is 0 Å². The van der Waals surface area contributed by atoms with E-state index in [4.69, 9.17) is 5.73 Å². The van der Waals surface area contributed by atoms with Gasteiger partial charge in [-0.3, -0.25) is 4.79 Å². The van der Waals surface area contributed by atoms with Crippen molar-refractivity contribution in [2.24, 2.45) is 5.73 Å². The normalized spacial score (nSPS) is 21.8. The monoisotopic (exact) mass is 270 g/mol. The Labute approximate surface area is 116 Å². The Kier molecular flexibility index (Phi) is 3.03. The summed E-state index contributed by atoms with van der Waals surface area (Å²) in [5, 5.41) is 0. The zero-order chi connectivity index (χ0) is 14.3. The molecule has 0 bridgehead atoms. The third kappa shape index (κ3) is 1.89. The van der Waals surface area contributed by atoms with Crippen LogP contribution in [0, 0.1) is 12.7 Å². The number of halogens is 1. The number of aryl methyl sites for hydroxylation is 1. The summed E-state index contributed by atoms with van der Waals surface area (Å²) in [5.74, 6) is -0.514. The third-order valence-corrected chi connectivity index (χ3v) is 3.68. The predicted octanol–water partition coefficient (Wildman–Crippen LogP) is 2.55. The molecule has 1 saturated heterocycles. The van der Waals surface area contributed by atoms with Gasteiger partial charge in [0.05, 0.1) is 6.04 Å². The summed E-state index contributed by atoms with van der Waals surface area (Å²) in [6, 6.07) is 12.9. The summed E-state index contributed by atoms with van der Waals surface area (Å²) in [4.78, 5) is 13.6. The lowest BCUT2D eigenvalue weighted by atomic mass is 9.88. The van der Waals surface area contributed by atoms with Gasteiger partial charge in [-0.2, -0.15) is 0 Å². The second-order valence-electron chi connectivity index (χ2n) is 5.04. The average Bonchev–Trinajstić information content (AvgIpc) is 2.46. The summed E-state index contributed by atoms with van der Waals surface area (Å²) >= 11 is 0. The van der Waals surface area contributed by atoms with Crippen molar-refractivity contribution < 1.29 is 9.18 Å². The fourth-order valence-corrected chi connectivity index (χ4v) is 2.55. The van der Waals surface area contributed by atoms with E-state index >= 15 is 0 Å². The topological polar surface area (TPSA) is 46.3 Å². The maximum absolute atomic E-state index is 13.9. The summed E-state index contributed by atoms with van der Waals surface area (Å²) in [6.45, 7) is 1.97. The molecule has 3 nitrogen and oxygen atoms in total. The van der Waals surface area contributed by atoms with Crippen LogP contribution in [-0.4, -0.2) is 11.9 Å². The molecule has 1 heterocycles. The van der Waals surface area contributed by atoms with Crippen LogP contribution in [0.3, 0.4) is 0 Å². The van der Waals surface area contributed by atoms with Crippen LogP contribution in [0.1, 0.15) is 17.2 Å². The molecular weight excluding hydrogens is 255 g/mol. The number of nitrogens with two attached hydrogens (primary N) is 1. The summed E-state index contributed by atoms with van der Waals surface area (Å²) in [7, 11) is 0. The van der Waals surface area contributed by atoms with E-state index in [2.05, 4.69) is 0 Å². The molecule has 102 valence electrons. The zero-order valence-corrected chi connectivity index (χ0v) is 11.1. The lowest BCUT2D eigenvalue weighted by molar-refractivity contribution is -0.126. The number of hydrogen-bond donors (Lipinski definition) is 1. The van der Waals surface area contributed by atoms with Gasteiger partial charge in [0.25, 0.3) is 0 Å². The van der Waals surface area contributed by atoms with Crippen LogP contribution in [0.25, 0.3) is 0 Å². The van der Waals surface area contributed by atoms with Gasteiger partial charge in [0.2, 0.25) is 5.91 Å². The Morgan fingerprint density at radius 1 is 1.10 bits per heavy atom. The van der Waals surface area contributed by atoms with Gasteiger partial charge in [0, 0.05) is 11.3 Å². The van der Waals surface area contributed by atoms with E-state index in [0.717, 1.165) is 11.3 Å². The molecule has 0 unspecified atom stereocenters. The van der Waals surface area contributed by atoms with Gasteiger partial charge in [-0.25, -0.2) is 4.39 Å². The van der Waals surface area contributed by atoms with Crippen molar-refractivity contribution in [3.05, 3.63) is 65.5 Å². The number of anilines is 1. The van der Waals surface area contributed by atoms with E-state index in [-0.39, 0.29) is 11.7 Å². The first-order chi connectivity index (χ1) is 9.59. The first-order valence-electron chi connectivity index (χ1n) is 6.49. The highest BCUT2D eigenvalue weighted by Gasteiger charge is 2.47. The standard InChI is InChI=1S/C16H15FN2O/c1-10-6-8-11(9-7-10)19-15(14(18)16(19)20)12-4-2-3-5-13(12)17/h2-9,14-15H,18H2,1H3/t14-,15-/m1/s1. The maximum Gasteiger partial charge on any atom is 0.247 e. The van der Waals surface area contributed by atoms with Crippen molar-refractivity contribution in [1.82, 2.24) is 0 Å². The Morgan fingerprint density at radius 2 is 1.75 bits per heavy atom. The molecule has 0 radical (unpaired) electrons. The fraction of sp³-hybridized carbons (Fsp3) is 0.188. The Morgan fingerprint density at radius 3 is 2.40 bits per heavy atom. The van der Waals surface area contributed by atoms with Crippen LogP contribution in [0.5, 0.6) is 0 Å². The minimum absolute atomic E-state index is 0.179. The quantitative estimate of drug-likeness (QED) is 0.852. The number of nitrogens with zero attached hydrogens (tertiary/aromatic N) is 1. The highest BCUT2D eigenvalue weighted by molar-refractivity contribution is 6.05. The third-order valence-electron chi connectivity index (χ3n) is 3.68. The van der Waals surface area contributed by atoms with E-state index in [1.54, 1.807) is 23.1 Å². The second kappa shape index (κ2) is 4.72. The van der Waals surface area contributed by atoms with Crippen LogP contribution in [-0.2, 0) is 4.79 Å². The molecule has 20 heavy (non-hydrogen) atoms. The predicted molar refractivity (Wildman–Crippen MR) is 75.8 cm³/mol. The zero-order valence-electron chi connectivity index (χ0n) is 11.1. The van der Waals surface area contributed by atoms with Crippen LogP contribution in [0.15, 0.2) is 48.5 Å². The number of carbonyl (C=O) groups is 1. The molecule has 1 amide bonds. The van der Waals surface area contributed by atoms with E-state index in [1.165, 1.54) is 6.07 Å². The van der Waals surface area contributed by atoms with Crippen LogP contribution in [0.4, 0.5) is 10.1 Å². The van der Waals surface area contributed by atoms with E-state index in [9.17, 15) is 9.18 Å². The highest BCUT2D eigenvalue weighted by atomic mass is 19.1. The molecule has 4 heteroatoms.